The van der Waals surface area contributed by atoms with Gasteiger partial charge >= 0.3 is 5.97 Å². The average Bonchev–Trinajstić information content (AvgIpc) is 3.20. The third-order valence-corrected chi connectivity index (χ3v) is 4.81. The number of carbonyl (C=O) groups excluding carboxylic acids is 2. The van der Waals surface area contributed by atoms with E-state index in [2.05, 4.69) is 17.2 Å². The summed E-state index contributed by atoms with van der Waals surface area (Å²) in [7, 11) is 0. The summed E-state index contributed by atoms with van der Waals surface area (Å²) < 4.78 is 4.94. The van der Waals surface area contributed by atoms with Crippen molar-refractivity contribution in [3.63, 3.8) is 0 Å². The molecule has 29 heavy (non-hydrogen) atoms. The molecule has 0 saturated carbocycles. The van der Waals surface area contributed by atoms with Gasteiger partial charge in [-0.05, 0) is 24.1 Å². The maximum atomic E-state index is 12.0. The molecule has 0 aliphatic heterocycles. The summed E-state index contributed by atoms with van der Waals surface area (Å²) in [4.78, 5) is 38.4. The van der Waals surface area contributed by atoms with Gasteiger partial charge in [0.05, 0.1) is 16.2 Å². The molecule has 1 N–H and O–H groups in total. The minimum atomic E-state index is -0.745. The topological polar surface area (TPSA) is 111 Å². The summed E-state index contributed by atoms with van der Waals surface area (Å²) in [5, 5.41) is 15.4. The van der Waals surface area contributed by atoms with E-state index in [4.69, 9.17) is 4.74 Å². The van der Waals surface area contributed by atoms with Gasteiger partial charge in [-0.1, -0.05) is 31.2 Å². The lowest BCUT2D eigenvalue weighted by atomic mass is 10.1. The van der Waals surface area contributed by atoms with E-state index in [1.54, 1.807) is 0 Å². The predicted octanol–water partition coefficient (Wildman–Crippen LogP) is 4.08. The molecule has 1 amide bonds. The van der Waals surface area contributed by atoms with Crippen LogP contribution < -0.4 is 5.32 Å². The van der Waals surface area contributed by atoms with E-state index < -0.39 is 23.4 Å². The van der Waals surface area contributed by atoms with Crippen molar-refractivity contribution in [2.45, 2.75) is 13.3 Å². The van der Waals surface area contributed by atoms with Crippen molar-refractivity contribution in [3.05, 3.63) is 75.2 Å². The highest BCUT2D eigenvalue weighted by atomic mass is 32.1. The Hall–Kier alpha value is -3.59. The van der Waals surface area contributed by atoms with Crippen molar-refractivity contribution < 1.29 is 19.2 Å². The number of benzene rings is 2. The zero-order chi connectivity index (χ0) is 20.8. The number of hydrogen-bond donors (Lipinski definition) is 1. The Morgan fingerprint density at radius 2 is 1.83 bits per heavy atom. The van der Waals surface area contributed by atoms with E-state index in [1.165, 1.54) is 41.2 Å². The molecule has 0 bridgehead atoms. The van der Waals surface area contributed by atoms with Gasteiger partial charge in [0, 0.05) is 23.1 Å². The van der Waals surface area contributed by atoms with Gasteiger partial charge in [-0.25, -0.2) is 9.78 Å². The normalized spacial score (nSPS) is 10.4. The van der Waals surface area contributed by atoms with Gasteiger partial charge in [0.1, 0.15) is 0 Å². The summed E-state index contributed by atoms with van der Waals surface area (Å²) in [6, 6.07) is 13.0. The second-order valence-corrected chi connectivity index (χ2v) is 6.87. The van der Waals surface area contributed by atoms with Crippen LogP contribution in [0.5, 0.6) is 0 Å². The molecular weight excluding hydrogens is 394 g/mol. The van der Waals surface area contributed by atoms with Crippen LogP contribution >= 0.6 is 11.3 Å². The fourth-order valence-corrected chi connectivity index (χ4v) is 3.20. The smallest absolute Gasteiger partial charge is 0.338 e. The first-order valence-electron chi connectivity index (χ1n) is 8.72. The van der Waals surface area contributed by atoms with Crippen LogP contribution in [0.2, 0.25) is 0 Å². The minimum absolute atomic E-state index is 0.121. The van der Waals surface area contributed by atoms with Crippen LogP contribution in [0.15, 0.2) is 53.9 Å². The summed E-state index contributed by atoms with van der Waals surface area (Å²) in [5.74, 6) is -1.27. The summed E-state index contributed by atoms with van der Waals surface area (Å²) >= 11 is 1.27. The molecule has 1 aromatic heterocycles. The molecule has 9 heteroatoms. The molecular formula is C20H17N3O5S. The molecule has 0 spiro atoms. The van der Waals surface area contributed by atoms with Crippen LogP contribution in [0, 0.1) is 10.1 Å². The molecule has 0 fully saturated rings. The number of nitro benzene ring substituents is 1. The lowest BCUT2D eigenvalue weighted by Gasteiger charge is -2.04. The second kappa shape index (κ2) is 9.07. The summed E-state index contributed by atoms with van der Waals surface area (Å²) in [6.45, 7) is 1.59. The number of nitrogens with zero attached hydrogens (tertiary/aromatic N) is 2. The summed E-state index contributed by atoms with van der Waals surface area (Å²) in [5.41, 5.74) is 2.91. The number of anilines is 1. The molecule has 3 rings (SSSR count). The Labute approximate surface area is 170 Å². The van der Waals surface area contributed by atoms with Crippen molar-refractivity contribution in [1.82, 2.24) is 4.98 Å². The number of non-ortho nitro benzene ring substituents is 1. The Bertz CT molecular complexity index is 1030. The number of carbonyl (C=O) groups is 2. The molecule has 0 aliphatic rings. The number of rotatable bonds is 7. The molecule has 148 valence electrons. The lowest BCUT2D eigenvalue weighted by Crippen LogP contribution is -2.20. The molecule has 0 atom stereocenters. The van der Waals surface area contributed by atoms with Gasteiger partial charge in [0.15, 0.2) is 11.7 Å². The molecule has 0 aliphatic carbocycles. The van der Waals surface area contributed by atoms with E-state index in [1.807, 2.05) is 29.6 Å². The van der Waals surface area contributed by atoms with Gasteiger partial charge in [-0.15, -0.1) is 11.3 Å². The number of amides is 1. The van der Waals surface area contributed by atoms with E-state index in [0.29, 0.717) is 5.13 Å². The number of aromatic nitrogens is 1. The third kappa shape index (κ3) is 5.23. The number of hydrogen-bond acceptors (Lipinski definition) is 7. The standard InChI is InChI=1S/C20H17N3O5S/c1-2-13-3-5-14(6-4-13)17-12-29-20(21-17)22-18(24)11-28-19(25)15-7-9-16(10-8-15)23(26)27/h3-10,12H,2,11H2,1H3,(H,21,22,24). The Morgan fingerprint density at radius 3 is 2.45 bits per heavy atom. The fourth-order valence-electron chi connectivity index (χ4n) is 2.46. The second-order valence-electron chi connectivity index (χ2n) is 6.02. The molecule has 2 aromatic carbocycles. The van der Waals surface area contributed by atoms with Crippen LogP contribution in [0.4, 0.5) is 10.8 Å². The number of aryl methyl sites for hydroxylation is 1. The third-order valence-electron chi connectivity index (χ3n) is 4.06. The SMILES string of the molecule is CCc1ccc(-c2csc(NC(=O)COC(=O)c3ccc([N+](=O)[O-])cc3)n2)cc1. The molecule has 0 unspecified atom stereocenters. The average molecular weight is 411 g/mol. The molecule has 0 saturated heterocycles. The van der Waals surface area contributed by atoms with E-state index >= 15 is 0 Å². The van der Waals surface area contributed by atoms with Crippen molar-refractivity contribution in [1.29, 1.82) is 0 Å². The number of ether oxygens (including phenoxy) is 1. The van der Waals surface area contributed by atoms with Crippen molar-refractivity contribution in [3.8, 4) is 11.3 Å². The number of thiazole rings is 1. The first-order valence-corrected chi connectivity index (χ1v) is 9.60. The molecule has 0 radical (unpaired) electrons. The number of esters is 1. The number of nitro groups is 1. The van der Waals surface area contributed by atoms with Crippen molar-refractivity contribution in [2.24, 2.45) is 0 Å². The maximum absolute atomic E-state index is 12.0. The Kier molecular flexibility index (Phi) is 6.30. The molecule has 1 heterocycles. The number of nitrogens with one attached hydrogen (secondary N) is 1. The predicted molar refractivity (Wildman–Crippen MR) is 109 cm³/mol. The first-order chi connectivity index (χ1) is 14.0. The maximum Gasteiger partial charge on any atom is 0.338 e. The van der Waals surface area contributed by atoms with Crippen LogP contribution in [0.25, 0.3) is 11.3 Å². The molecule has 3 aromatic rings. The first kappa shape index (κ1) is 20.2. The highest BCUT2D eigenvalue weighted by Crippen LogP contribution is 2.25. The minimum Gasteiger partial charge on any atom is -0.452 e. The lowest BCUT2D eigenvalue weighted by molar-refractivity contribution is -0.384. The highest BCUT2D eigenvalue weighted by Gasteiger charge is 2.14. The van der Waals surface area contributed by atoms with Crippen LogP contribution in [-0.4, -0.2) is 28.4 Å². The van der Waals surface area contributed by atoms with Gasteiger partial charge in [-0.3, -0.25) is 20.2 Å². The monoisotopic (exact) mass is 411 g/mol. The van der Waals surface area contributed by atoms with Crippen LogP contribution in [0.1, 0.15) is 22.8 Å². The molecule has 8 nitrogen and oxygen atoms in total. The van der Waals surface area contributed by atoms with Gasteiger partial charge in [-0.2, -0.15) is 0 Å². The van der Waals surface area contributed by atoms with Crippen molar-refractivity contribution >= 4 is 34.0 Å². The van der Waals surface area contributed by atoms with Gasteiger partial charge < -0.3 is 4.74 Å². The van der Waals surface area contributed by atoms with E-state index in [-0.39, 0.29) is 11.3 Å². The van der Waals surface area contributed by atoms with Gasteiger partial charge in [0.25, 0.3) is 11.6 Å². The zero-order valence-corrected chi connectivity index (χ0v) is 16.3. The largest absolute Gasteiger partial charge is 0.452 e. The fraction of sp³-hybridized carbons (Fsp3) is 0.150. The van der Waals surface area contributed by atoms with Crippen molar-refractivity contribution in [2.75, 3.05) is 11.9 Å². The van der Waals surface area contributed by atoms with E-state index in [9.17, 15) is 19.7 Å². The van der Waals surface area contributed by atoms with Crippen LogP contribution in [0.3, 0.4) is 0 Å². The summed E-state index contributed by atoms with van der Waals surface area (Å²) in [6.07, 6.45) is 0.956. The van der Waals surface area contributed by atoms with Gasteiger partial charge in [0.2, 0.25) is 0 Å². The Balaban J connectivity index is 1.53. The highest BCUT2D eigenvalue weighted by molar-refractivity contribution is 7.14. The van der Waals surface area contributed by atoms with E-state index in [0.717, 1.165) is 17.7 Å². The Morgan fingerprint density at radius 1 is 1.14 bits per heavy atom. The van der Waals surface area contributed by atoms with Crippen LogP contribution in [-0.2, 0) is 16.0 Å². The quantitative estimate of drug-likeness (QED) is 0.356. The zero-order valence-electron chi connectivity index (χ0n) is 15.5.